The predicted molar refractivity (Wildman–Crippen MR) is 250 cm³/mol. The lowest BCUT2D eigenvalue weighted by molar-refractivity contribution is 1.11. The molecule has 0 unspecified atom stereocenters. The van der Waals surface area contributed by atoms with E-state index in [1.807, 2.05) is 0 Å². The second kappa shape index (κ2) is 13.8. The van der Waals surface area contributed by atoms with Gasteiger partial charge in [0, 0.05) is 21.9 Å². The molecular formula is C56H36N4. The lowest BCUT2D eigenvalue weighted by Crippen LogP contribution is -2.02. The Bertz CT molecular complexity index is 3410. The van der Waals surface area contributed by atoms with Gasteiger partial charge >= 0.3 is 0 Å². The topological polar surface area (TPSA) is 35.6 Å². The molecule has 0 amide bonds. The van der Waals surface area contributed by atoms with Crippen LogP contribution in [0.1, 0.15) is 0 Å². The fraction of sp³-hybridized carbons (Fsp3) is 0. The lowest BCUT2D eigenvalue weighted by atomic mass is 9.87. The van der Waals surface area contributed by atoms with Crippen LogP contribution in [0.2, 0.25) is 0 Å². The van der Waals surface area contributed by atoms with Crippen molar-refractivity contribution in [3.05, 3.63) is 218 Å². The summed E-state index contributed by atoms with van der Waals surface area (Å²) in [6.07, 6.45) is 0. The van der Waals surface area contributed by atoms with E-state index < -0.39 is 0 Å². The van der Waals surface area contributed by atoms with Gasteiger partial charge < -0.3 is 0 Å². The SMILES string of the molecule is c1ccc(-c2cccc3c(-c4c5cccc(-n6c(-c7ccccc7)nc7ccccc76)c5cc5c(-n6c(-c7ccccc7)nc7ccccc76)cccc45)cccc23)cc1. The zero-order valence-corrected chi connectivity index (χ0v) is 32.6. The predicted octanol–water partition coefficient (Wildman–Crippen LogP) is 14.5. The van der Waals surface area contributed by atoms with Crippen LogP contribution in [0.25, 0.3) is 111 Å². The molecule has 10 aromatic carbocycles. The van der Waals surface area contributed by atoms with Crippen LogP contribution in [0, 0.1) is 0 Å². The van der Waals surface area contributed by atoms with Crippen molar-refractivity contribution in [2.45, 2.75) is 0 Å². The summed E-state index contributed by atoms with van der Waals surface area (Å²) >= 11 is 0. The molecule has 12 rings (SSSR count). The fourth-order valence-corrected chi connectivity index (χ4v) is 9.31. The third kappa shape index (κ3) is 5.32. The maximum absolute atomic E-state index is 5.28. The van der Waals surface area contributed by atoms with E-state index in [9.17, 15) is 0 Å². The highest BCUT2D eigenvalue weighted by Crippen LogP contribution is 2.46. The van der Waals surface area contributed by atoms with Crippen LogP contribution in [0.5, 0.6) is 0 Å². The minimum Gasteiger partial charge on any atom is -0.292 e. The van der Waals surface area contributed by atoms with E-state index in [0.717, 1.165) is 67.0 Å². The van der Waals surface area contributed by atoms with Crippen LogP contribution >= 0.6 is 0 Å². The monoisotopic (exact) mass is 764 g/mol. The van der Waals surface area contributed by atoms with Gasteiger partial charge in [-0.2, -0.15) is 0 Å². The first-order chi connectivity index (χ1) is 29.8. The number of para-hydroxylation sites is 4. The van der Waals surface area contributed by atoms with Crippen LogP contribution < -0.4 is 0 Å². The van der Waals surface area contributed by atoms with E-state index >= 15 is 0 Å². The summed E-state index contributed by atoms with van der Waals surface area (Å²) in [4.78, 5) is 10.6. The molecule has 0 radical (unpaired) electrons. The molecule has 0 saturated heterocycles. The molecule has 0 N–H and O–H groups in total. The zero-order chi connectivity index (χ0) is 39.6. The summed E-state index contributed by atoms with van der Waals surface area (Å²) in [6, 6.07) is 78.1. The second-order valence-electron chi connectivity index (χ2n) is 15.3. The number of rotatable bonds is 6. The molecule has 0 aliphatic carbocycles. The molecule has 0 fully saturated rings. The molecule has 280 valence electrons. The minimum atomic E-state index is 0.906. The van der Waals surface area contributed by atoms with Gasteiger partial charge in [0.2, 0.25) is 0 Å². The van der Waals surface area contributed by atoms with Crippen molar-refractivity contribution < 1.29 is 0 Å². The van der Waals surface area contributed by atoms with Crippen LogP contribution in [-0.2, 0) is 0 Å². The highest BCUT2D eigenvalue weighted by molar-refractivity contribution is 6.21. The van der Waals surface area contributed by atoms with Gasteiger partial charge in [-0.25, -0.2) is 9.97 Å². The Hall–Kier alpha value is -8.08. The van der Waals surface area contributed by atoms with Crippen LogP contribution in [0.3, 0.4) is 0 Å². The van der Waals surface area contributed by atoms with Gasteiger partial charge in [-0.05, 0) is 86.3 Å². The molecule has 0 atom stereocenters. The molecule has 12 aromatic rings. The Morgan fingerprint density at radius 3 is 1.20 bits per heavy atom. The molecule has 0 aliphatic heterocycles. The van der Waals surface area contributed by atoms with E-state index in [2.05, 4.69) is 228 Å². The molecular weight excluding hydrogens is 729 g/mol. The number of nitrogens with zero attached hydrogens (tertiary/aromatic N) is 4. The standard InChI is InChI=1S/C56H36N4/c1-4-18-37(19-5-1)40-24-14-26-42-41(40)25-15-27-43(42)54-44-28-16-34-50(59-52-32-12-10-30-48(52)57-55(59)38-20-6-2-7-21-38)46(44)36-47-45(54)29-17-35-51(47)60-53-33-13-11-31-49(53)58-56(60)39-22-8-3-9-23-39/h1-36H. The third-order valence-corrected chi connectivity index (χ3v) is 11.9. The van der Waals surface area contributed by atoms with Crippen molar-refractivity contribution >= 4 is 54.4 Å². The van der Waals surface area contributed by atoms with Crippen molar-refractivity contribution in [2.75, 3.05) is 0 Å². The summed E-state index contributed by atoms with van der Waals surface area (Å²) in [6.45, 7) is 0. The van der Waals surface area contributed by atoms with E-state index in [1.165, 1.54) is 43.8 Å². The van der Waals surface area contributed by atoms with E-state index in [4.69, 9.17) is 9.97 Å². The second-order valence-corrected chi connectivity index (χ2v) is 15.3. The third-order valence-electron chi connectivity index (χ3n) is 11.9. The van der Waals surface area contributed by atoms with Gasteiger partial charge in [0.05, 0.1) is 33.4 Å². The number of hydrogen-bond acceptors (Lipinski definition) is 2. The van der Waals surface area contributed by atoms with Gasteiger partial charge in [0.15, 0.2) is 0 Å². The largest absolute Gasteiger partial charge is 0.292 e. The van der Waals surface area contributed by atoms with Crippen molar-refractivity contribution in [3.8, 4) is 56.4 Å². The number of aromatic nitrogens is 4. The number of imidazole rings is 2. The molecule has 0 bridgehead atoms. The normalized spacial score (nSPS) is 11.7. The van der Waals surface area contributed by atoms with Crippen LogP contribution in [-0.4, -0.2) is 19.1 Å². The molecule has 4 nitrogen and oxygen atoms in total. The van der Waals surface area contributed by atoms with Crippen molar-refractivity contribution in [1.82, 2.24) is 19.1 Å². The van der Waals surface area contributed by atoms with Crippen LogP contribution in [0.4, 0.5) is 0 Å². The summed E-state index contributed by atoms with van der Waals surface area (Å²) in [5.41, 5.74) is 13.1. The first kappa shape index (κ1) is 34.0. The zero-order valence-electron chi connectivity index (χ0n) is 32.6. The highest BCUT2D eigenvalue weighted by Gasteiger charge is 2.23. The number of hydrogen-bond donors (Lipinski definition) is 0. The maximum atomic E-state index is 5.28. The Labute approximate surface area is 346 Å². The number of benzene rings is 10. The summed E-state index contributed by atoms with van der Waals surface area (Å²) < 4.78 is 4.70. The molecule has 0 saturated carbocycles. The Balaban J connectivity index is 1.25. The Morgan fingerprint density at radius 1 is 0.283 bits per heavy atom. The fourth-order valence-electron chi connectivity index (χ4n) is 9.31. The number of fused-ring (bicyclic) bond motifs is 5. The van der Waals surface area contributed by atoms with E-state index in [1.54, 1.807) is 0 Å². The molecule has 60 heavy (non-hydrogen) atoms. The first-order valence-electron chi connectivity index (χ1n) is 20.4. The quantitative estimate of drug-likeness (QED) is 0.158. The average molecular weight is 765 g/mol. The molecule has 4 heteroatoms. The van der Waals surface area contributed by atoms with Gasteiger partial charge in [-0.1, -0.05) is 176 Å². The molecule has 2 aromatic heterocycles. The van der Waals surface area contributed by atoms with Crippen LogP contribution in [0.15, 0.2) is 218 Å². The minimum absolute atomic E-state index is 0.906. The molecule has 2 heterocycles. The summed E-state index contributed by atoms with van der Waals surface area (Å²) in [7, 11) is 0. The first-order valence-corrected chi connectivity index (χ1v) is 20.4. The Morgan fingerprint density at radius 2 is 0.683 bits per heavy atom. The van der Waals surface area contributed by atoms with Crippen molar-refractivity contribution in [3.63, 3.8) is 0 Å². The van der Waals surface area contributed by atoms with E-state index in [-0.39, 0.29) is 0 Å². The Kier molecular flexibility index (Phi) is 7.82. The van der Waals surface area contributed by atoms with Crippen molar-refractivity contribution in [2.24, 2.45) is 0 Å². The smallest absolute Gasteiger partial charge is 0.145 e. The van der Waals surface area contributed by atoms with Crippen molar-refractivity contribution in [1.29, 1.82) is 0 Å². The van der Waals surface area contributed by atoms with Gasteiger partial charge in [-0.15, -0.1) is 0 Å². The molecule has 0 aliphatic rings. The highest BCUT2D eigenvalue weighted by atomic mass is 15.1. The molecule has 0 spiro atoms. The lowest BCUT2D eigenvalue weighted by Gasteiger charge is -2.21. The van der Waals surface area contributed by atoms with E-state index in [0.29, 0.717) is 0 Å². The van der Waals surface area contributed by atoms with Gasteiger partial charge in [-0.3, -0.25) is 9.13 Å². The summed E-state index contributed by atoms with van der Waals surface area (Å²) in [5.74, 6) is 1.81. The summed E-state index contributed by atoms with van der Waals surface area (Å²) in [5, 5.41) is 7.04. The van der Waals surface area contributed by atoms with Gasteiger partial charge in [0.25, 0.3) is 0 Å². The maximum Gasteiger partial charge on any atom is 0.145 e. The average Bonchev–Trinajstić information content (AvgIpc) is 3.90. The van der Waals surface area contributed by atoms with Gasteiger partial charge in [0.1, 0.15) is 11.6 Å².